The number of rotatable bonds is 6. The molecule has 0 bridgehead atoms. The Hall–Kier alpha value is -2.58. The van der Waals surface area contributed by atoms with Crippen LogP contribution in [0.25, 0.3) is 11.0 Å². The number of nitrogens with zero attached hydrogens (tertiary/aromatic N) is 5. The number of aromatic nitrogens is 4. The molecule has 178 valence electrons. The van der Waals surface area contributed by atoms with Gasteiger partial charge < -0.3 is 15.3 Å². The Bertz CT molecular complexity index is 1200. The molecule has 1 aliphatic heterocycles. The molecular formula is C24H33ClN6O2. The van der Waals surface area contributed by atoms with Crippen molar-refractivity contribution in [1.29, 1.82) is 0 Å². The van der Waals surface area contributed by atoms with Gasteiger partial charge in [-0.05, 0) is 63.6 Å². The Balaban J connectivity index is 1.63. The van der Waals surface area contributed by atoms with Crippen LogP contribution in [-0.4, -0.2) is 42.9 Å². The second-order valence-corrected chi connectivity index (χ2v) is 10.2. The number of nitrogens with one attached hydrogen (secondary N) is 1. The second-order valence-electron chi connectivity index (χ2n) is 9.77. The lowest BCUT2D eigenvalue weighted by molar-refractivity contribution is 0.0662. The maximum absolute atomic E-state index is 12.8. The van der Waals surface area contributed by atoms with Crippen molar-refractivity contribution in [3.05, 3.63) is 39.9 Å². The van der Waals surface area contributed by atoms with E-state index in [1.54, 1.807) is 36.2 Å². The summed E-state index contributed by atoms with van der Waals surface area (Å²) >= 11 is 6.43. The van der Waals surface area contributed by atoms with Gasteiger partial charge >= 0.3 is 5.69 Å². The van der Waals surface area contributed by atoms with Crippen LogP contribution in [0.15, 0.2) is 29.2 Å². The van der Waals surface area contributed by atoms with Gasteiger partial charge in [-0.2, -0.15) is 4.98 Å². The molecule has 8 nitrogen and oxygen atoms in total. The molecule has 0 radical (unpaired) electrons. The Morgan fingerprint density at radius 2 is 2.03 bits per heavy atom. The van der Waals surface area contributed by atoms with E-state index in [1.165, 1.54) is 6.42 Å². The van der Waals surface area contributed by atoms with Gasteiger partial charge in [0.2, 0.25) is 5.95 Å². The summed E-state index contributed by atoms with van der Waals surface area (Å²) in [4.78, 5) is 24.2. The number of aliphatic hydroxyl groups is 1. The van der Waals surface area contributed by atoms with Crippen molar-refractivity contribution in [2.24, 2.45) is 13.0 Å². The molecule has 3 heterocycles. The number of imidazole rings is 1. The molecule has 1 fully saturated rings. The smallest absolute Gasteiger partial charge is 0.328 e. The molecule has 1 atom stereocenters. The number of halogens is 1. The zero-order valence-electron chi connectivity index (χ0n) is 19.8. The molecule has 1 aliphatic rings. The van der Waals surface area contributed by atoms with Crippen molar-refractivity contribution in [1.82, 2.24) is 19.1 Å². The summed E-state index contributed by atoms with van der Waals surface area (Å²) in [6, 6.07) is 5.74. The zero-order chi connectivity index (χ0) is 23.8. The zero-order valence-corrected chi connectivity index (χ0v) is 20.6. The lowest BCUT2D eigenvalue weighted by Gasteiger charge is -2.21. The Kier molecular flexibility index (Phi) is 6.68. The van der Waals surface area contributed by atoms with Gasteiger partial charge in [-0.25, -0.2) is 9.78 Å². The van der Waals surface area contributed by atoms with E-state index in [0.29, 0.717) is 35.7 Å². The number of aryl methyl sites for hydroxylation is 2. The number of hydrogen-bond acceptors (Lipinski definition) is 6. The van der Waals surface area contributed by atoms with Crippen LogP contribution >= 0.6 is 11.6 Å². The summed E-state index contributed by atoms with van der Waals surface area (Å²) in [6.45, 7) is 8.08. The summed E-state index contributed by atoms with van der Waals surface area (Å²) < 4.78 is 3.32. The van der Waals surface area contributed by atoms with Crippen molar-refractivity contribution < 1.29 is 5.11 Å². The standard InChI is InChI=1S/C24H33ClN6O2/c1-16-6-5-11-30(12-9-16)22-26-15-18(25)21(28-22)27-17-7-8-19-20(14-17)31(23(32)29(19)4)13-10-24(2,3)33/h7-8,14-16,33H,5-6,9-13H2,1-4H3,(H,26,27,28). The average molecular weight is 473 g/mol. The average Bonchev–Trinajstić information content (AvgIpc) is 2.88. The summed E-state index contributed by atoms with van der Waals surface area (Å²) in [6.07, 6.45) is 5.59. The Morgan fingerprint density at radius 3 is 2.79 bits per heavy atom. The van der Waals surface area contributed by atoms with Gasteiger partial charge in [-0.15, -0.1) is 0 Å². The molecule has 1 unspecified atom stereocenters. The molecule has 0 amide bonds. The van der Waals surface area contributed by atoms with Crippen LogP contribution < -0.4 is 15.9 Å². The summed E-state index contributed by atoms with van der Waals surface area (Å²) in [5.41, 5.74) is 1.44. The van der Waals surface area contributed by atoms with Crippen LogP contribution in [0.2, 0.25) is 5.02 Å². The normalized spacial score (nSPS) is 17.4. The third-order valence-electron chi connectivity index (χ3n) is 6.39. The molecule has 2 N–H and O–H groups in total. The van der Waals surface area contributed by atoms with Crippen molar-refractivity contribution in [2.45, 2.75) is 58.6 Å². The number of benzene rings is 1. The van der Waals surface area contributed by atoms with Crippen LogP contribution in [0.3, 0.4) is 0 Å². The molecule has 0 spiro atoms. The van der Waals surface area contributed by atoms with E-state index in [2.05, 4.69) is 22.1 Å². The van der Waals surface area contributed by atoms with E-state index in [-0.39, 0.29) is 5.69 Å². The predicted molar refractivity (Wildman–Crippen MR) is 134 cm³/mol. The second kappa shape index (κ2) is 9.35. The van der Waals surface area contributed by atoms with Crippen LogP contribution in [0.4, 0.5) is 17.5 Å². The van der Waals surface area contributed by atoms with Crippen molar-refractivity contribution in [3.8, 4) is 0 Å². The summed E-state index contributed by atoms with van der Waals surface area (Å²) in [5.74, 6) is 1.94. The van der Waals surface area contributed by atoms with Gasteiger partial charge in [-0.1, -0.05) is 18.5 Å². The van der Waals surface area contributed by atoms with Crippen LogP contribution in [0.1, 0.15) is 46.5 Å². The largest absolute Gasteiger partial charge is 0.390 e. The molecule has 0 saturated carbocycles. The number of hydrogen-bond donors (Lipinski definition) is 2. The van der Waals surface area contributed by atoms with Crippen molar-refractivity contribution >= 4 is 40.1 Å². The van der Waals surface area contributed by atoms with Gasteiger partial charge in [0.1, 0.15) is 5.02 Å². The van der Waals surface area contributed by atoms with Gasteiger partial charge in [0.25, 0.3) is 0 Å². The molecule has 2 aromatic heterocycles. The quantitative estimate of drug-likeness (QED) is 0.555. The molecule has 33 heavy (non-hydrogen) atoms. The van der Waals surface area contributed by atoms with E-state index < -0.39 is 5.60 Å². The summed E-state index contributed by atoms with van der Waals surface area (Å²) in [5, 5.41) is 13.9. The first-order valence-electron chi connectivity index (χ1n) is 11.6. The first-order valence-corrected chi connectivity index (χ1v) is 12.0. The van der Waals surface area contributed by atoms with Crippen molar-refractivity contribution in [2.75, 3.05) is 23.3 Å². The fourth-order valence-corrected chi connectivity index (χ4v) is 4.43. The maximum atomic E-state index is 12.8. The van der Waals surface area contributed by atoms with Gasteiger partial charge in [0.15, 0.2) is 5.82 Å². The van der Waals surface area contributed by atoms with Crippen molar-refractivity contribution in [3.63, 3.8) is 0 Å². The minimum Gasteiger partial charge on any atom is -0.390 e. The van der Waals surface area contributed by atoms with Crippen LogP contribution in [0, 0.1) is 5.92 Å². The van der Waals surface area contributed by atoms with Crippen LogP contribution in [-0.2, 0) is 13.6 Å². The van der Waals surface area contributed by atoms with Gasteiger partial charge in [0.05, 0.1) is 22.8 Å². The Morgan fingerprint density at radius 1 is 1.24 bits per heavy atom. The number of fused-ring (bicyclic) bond motifs is 1. The Labute approximate surface area is 199 Å². The molecule has 9 heteroatoms. The molecule has 4 rings (SSSR count). The third-order valence-corrected chi connectivity index (χ3v) is 6.66. The maximum Gasteiger partial charge on any atom is 0.328 e. The molecule has 3 aromatic rings. The fourth-order valence-electron chi connectivity index (χ4n) is 4.29. The summed E-state index contributed by atoms with van der Waals surface area (Å²) in [7, 11) is 1.76. The lowest BCUT2D eigenvalue weighted by atomic mass is 10.0. The minimum absolute atomic E-state index is 0.107. The van der Waals surface area contributed by atoms with Gasteiger partial charge in [0, 0.05) is 32.4 Å². The molecular weight excluding hydrogens is 440 g/mol. The van der Waals surface area contributed by atoms with E-state index in [9.17, 15) is 9.90 Å². The fraction of sp³-hybridized carbons (Fsp3) is 0.542. The molecule has 1 saturated heterocycles. The predicted octanol–water partition coefficient (Wildman–Crippen LogP) is 4.31. The topological polar surface area (TPSA) is 88.2 Å². The highest BCUT2D eigenvalue weighted by Crippen LogP contribution is 2.28. The molecule has 0 aliphatic carbocycles. The van der Waals surface area contributed by atoms with Gasteiger partial charge in [-0.3, -0.25) is 9.13 Å². The third kappa shape index (κ3) is 5.33. The monoisotopic (exact) mass is 472 g/mol. The van der Waals surface area contributed by atoms with E-state index in [4.69, 9.17) is 16.6 Å². The highest BCUT2D eigenvalue weighted by atomic mass is 35.5. The van der Waals surface area contributed by atoms with E-state index in [1.807, 2.05) is 18.2 Å². The SMILES string of the molecule is CC1CCCN(c2ncc(Cl)c(Nc3ccc4c(c3)n(CCC(C)(C)O)c(=O)n4C)n2)CC1. The lowest BCUT2D eigenvalue weighted by Crippen LogP contribution is -2.27. The number of anilines is 3. The highest BCUT2D eigenvalue weighted by molar-refractivity contribution is 6.32. The first kappa shape index (κ1) is 23.6. The minimum atomic E-state index is -0.854. The highest BCUT2D eigenvalue weighted by Gasteiger charge is 2.19. The van der Waals surface area contributed by atoms with E-state index >= 15 is 0 Å². The van der Waals surface area contributed by atoms with Crippen LogP contribution in [0.5, 0.6) is 0 Å². The molecule has 1 aromatic carbocycles. The first-order chi connectivity index (χ1) is 15.6. The van der Waals surface area contributed by atoms with E-state index in [0.717, 1.165) is 42.7 Å².